The Morgan fingerprint density at radius 2 is 1.89 bits per heavy atom. The van der Waals surface area contributed by atoms with Crippen molar-refractivity contribution < 1.29 is 9.84 Å². The molecule has 0 aliphatic heterocycles. The molecule has 1 atom stereocenters. The first kappa shape index (κ1) is 12.2. The average molecular weight is 246 g/mol. The SMILES string of the molecule is OCC1CCC(OCC2Cc3ccccc32)CC1. The maximum Gasteiger partial charge on any atom is 0.0575 e. The molecule has 1 N–H and O–H groups in total. The highest BCUT2D eigenvalue weighted by Crippen LogP contribution is 2.36. The van der Waals surface area contributed by atoms with Crippen LogP contribution in [-0.4, -0.2) is 24.4 Å². The third-order valence-electron chi connectivity index (χ3n) is 4.55. The third-order valence-corrected chi connectivity index (χ3v) is 4.55. The van der Waals surface area contributed by atoms with Crippen LogP contribution in [0, 0.1) is 5.92 Å². The Kier molecular flexibility index (Phi) is 3.67. The Morgan fingerprint density at radius 3 is 2.61 bits per heavy atom. The second-order valence-corrected chi connectivity index (χ2v) is 5.76. The summed E-state index contributed by atoms with van der Waals surface area (Å²) in [6.07, 6.45) is 6.12. The maximum absolute atomic E-state index is 9.11. The van der Waals surface area contributed by atoms with Crippen LogP contribution in [0.15, 0.2) is 24.3 Å². The van der Waals surface area contributed by atoms with E-state index in [1.807, 2.05) is 0 Å². The van der Waals surface area contributed by atoms with E-state index in [0.29, 0.717) is 24.5 Å². The molecule has 1 saturated carbocycles. The first-order chi connectivity index (χ1) is 8.86. The predicted octanol–water partition coefficient (Wildman–Crippen LogP) is 2.89. The number of hydrogen-bond donors (Lipinski definition) is 1. The number of benzene rings is 1. The summed E-state index contributed by atoms with van der Waals surface area (Å²) in [6, 6.07) is 8.69. The topological polar surface area (TPSA) is 29.5 Å². The number of rotatable bonds is 4. The van der Waals surface area contributed by atoms with E-state index in [-0.39, 0.29) is 0 Å². The molecule has 1 aromatic carbocycles. The van der Waals surface area contributed by atoms with Crippen molar-refractivity contribution in [2.45, 2.75) is 44.1 Å². The molecular formula is C16H22O2. The van der Waals surface area contributed by atoms with E-state index in [1.54, 1.807) is 0 Å². The van der Waals surface area contributed by atoms with Gasteiger partial charge in [0.15, 0.2) is 0 Å². The van der Waals surface area contributed by atoms with Gasteiger partial charge in [-0.15, -0.1) is 0 Å². The van der Waals surface area contributed by atoms with Gasteiger partial charge in [-0.3, -0.25) is 0 Å². The molecule has 0 radical (unpaired) electrons. The monoisotopic (exact) mass is 246 g/mol. The molecule has 98 valence electrons. The van der Waals surface area contributed by atoms with Crippen molar-refractivity contribution >= 4 is 0 Å². The van der Waals surface area contributed by atoms with Crippen molar-refractivity contribution in [2.24, 2.45) is 5.92 Å². The molecule has 0 spiro atoms. The molecule has 2 aliphatic carbocycles. The van der Waals surface area contributed by atoms with Crippen molar-refractivity contribution in [3.63, 3.8) is 0 Å². The Bertz CT molecular complexity index is 394. The Morgan fingerprint density at radius 1 is 1.11 bits per heavy atom. The van der Waals surface area contributed by atoms with E-state index >= 15 is 0 Å². The molecule has 0 heterocycles. The summed E-state index contributed by atoms with van der Waals surface area (Å²) in [5.74, 6) is 1.14. The second-order valence-electron chi connectivity index (χ2n) is 5.76. The smallest absolute Gasteiger partial charge is 0.0575 e. The van der Waals surface area contributed by atoms with E-state index < -0.39 is 0 Å². The van der Waals surface area contributed by atoms with E-state index in [1.165, 1.54) is 17.5 Å². The number of hydrogen-bond acceptors (Lipinski definition) is 2. The van der Waals surface area contributed by atoms with Crippen LogP contribution in [0.3, 0.4) is 0 Å². The summed E-state index contributed by atoms with van der Waals surface area (Å²) in [4.78, 5) is 0. The third kappa shape index (κ3) is 2.45. The van der Waals surface area contributed by atoms with E-state index in [0.717, 1.165) is 32.3 Å². The molecule has 1 unspecified atom stereocenters. The van der Waals surface area contributed by atoms with Gasteiger partial charge in [-0.1, -0.05) is 24.3 Å². The van der Waals surface area contributed by atoms with Crippen LogP contribution in [0.4, 0.5) is 0 Å². The number of aliphatic hydroxyl groups is 1. The fraction of sp³-hybridized carbons (Fsp3) is 0.625. The molecule has 2 heteroatoms. The fourth-order valence-corrected chi connectivity index (χ4v) is 3.24. The first-order valence-corrected chi connectivity index (χ1v) is 7.17. The minimum Gasteiger partial charge on any atom is -0.396 e. The molecular weight excluding hydrogens is 224 g/mol. The predicted molar refractivity (Wildman–Crippen MR) is 71.7 cm³/mol. The molecule has 0 amide bonds. The van der Waals surface area contributed by atoms with Gasteiger partial charge in [-0.25, -0.2) is 0 Å². The molecule has 1 fully saturated rings. The summed E-state index contributed by atoms with van der Waals surface area (Å²) in [5.41, 5.74) is 2.98. The van der Waals surface area contributed by atoms with Crippen molar-refractivity contribution in [3.8, 4) is 0 Å². The van der Waals surface area contributed by atoms with Crippen molar-refractivity contribution in [1.82, 2.24) is 0 Å². The molecule has 0 aromatic heterocycles. The standard InChI is InChI=1S/C16H22O2/c17-10-12-5-7-15(8-6-12)18-11-14-9-13-3-1-2-4-16(13)14/h1-4,12,14-15,17H,5-11H2. The van der Waals surface area contributed by atoms with Crippen LogP contribution in [0.5, 0.6) is 0 Å². The number of fused-ring (bicyclic) bond motifs is 1. The minimum atomic E-state index is 0.350. The average Bonchev–Trinajstić information content (AvgIpc) is 2.40. The maximum atomic E-state index is 9.11. The molecule has 0 bridgehead atoms. The largest absolute Gasteiger partial charge is 0.396 e. The summed E-state index contributed by atoms with van der Waals surface area (Å²) in [6.45, 7) is 1.23. The van der Waals surface area contributed by atoms with Crippen LogP contribution < -0.4 is 0 Å². The summed E-state index contributed by atoms with van der Waals surface area (Å²) in [5, 5.41) is 9.11. The van der Waals surface area contributed by atoms with E-state index in [2.05, 4.69) is 24.3 Å². The zero-order valence-corrected chi connectivity index (χ0v) is 10.8. The van der Waals surface area contributed by atoms with Gasteiger partial charge in [0.2, 0.25) is 0 Å². The summed E-state index contributed by atoms with van der Waals surface area (Å²) in [7, 11) is 0. The first-order valence-electron chi connectivity index (χ1n) is 7.17. The molecule has 2 nitrogen and oxygen atoms in total. The zero-order valence-electron chi connectivity index (χ0n) is 10.8. The Labute approximate surface area is 109 Å². The van der Waals surface area contributed by atoms with Gasteiger partial charge in [0.25, 0.3) is 0 Å². The lowest BCUT2D eigenvalue weighted by atomic mass is 9.78. The van der Waals surface area contributed by atoms with Crippen LogP contribution in [0.25, 0.3) is 0 Å². The summed E-state index contributed by atoms with van der Waals surface area (Å²) < 4.78 is 6.05. The molecule has 2 aliphatic rings. The van der Waals surface area contributed by atoms with Crippen LogP contribution in [-0.2, 0) is 11.2 Å². The molecule has 18 heavy (non-hydrogen) atoms. The quantitative estimate of drug-likeness (QED) is 0.885. The van der Waals surface area contributed by atoms with Gasteiger partial charge in [-0.05, 0) is 49.1 Å². The van der Waals surface area contributed by atoms with Gasteiger partial charge < -0.3 is 9.84 Å². The lowest BCUT2D eigenvalue weighted by molar-refractivity contribution is 0.00199. The van der Waals surface area contributed by atoms with Crippen LogP contribution in [0.2, 0.25) is 0 Å². The second kappa shape index (κ2) is 5.41. The Hall–Kier alpha value is -0.860. The van der Waals surface area contributed by atoms with Gasteiger partial charge >= 0.3 is 0 Å². The number of aliphatic hydroxyl groups excluding tert-OH is 1. The fourth-order valence-electron chi connectivity index (χ4n) is 3.24. The lowest BCUT2D eigenvalue weighted by Crippen LogP contribution is -2.28. The molecule has 3 rings (SSSR count). The normalized spacial score (nSPS) is 30.6. The zero-order chi connectivity index (χ0) is 12.4. The number of ether oxygens (including phenoxy) is 1. The Balaban J connectivity index is 1.44. The van der Waals surface area contributed by atoms with E-state index in [4.69, 9.17) is 9.84 Å². The van der Waals surface area contributed by atoms with Crippen LogP contribution >= 0.6 is 0 Å². The minimum absolute atomic E-state index is 0.350. The highest BCUT2D eigenvalue weighted by atomic mass is 16.5. The van der Waals surface area contributed by atoms with Gasteiger partial charge in [0.1, 0.15) is 0 Å². The highest BCUT2D eigenvalue weighted by molar-refractivity contribution is 5.39. The van der Waals surface area contributed by atoms with Crippen LogP contribution in [0.1, 0.15) is 42.7 Å². The van der Waals surface area contributed by atoms with Gasteiger partial charge in [0, 0.05) is 12.5 Å². The van der Waals surface area contributed by atoms with E-state index in [9.17, 15) is 0 Å². The van der Waals surface area contributed by atoms with Gasteiger partial charge in [-0.2, -0.15) is 0 Å². The van der Waals surface area contributed by atoms with Gasteiger partial charge in [0.05, 0.1) is 12.7 Å². The highest BCUT2D eigenvalue weighted by Gasteiger charge is 2.27. The van der Waals surface area contributed by atoms with Crippen molar-refractivity contribution in [2.75, 3.05) is 13.2 Å². The summed E-state index contributed by atoms with van der Waals surface area (Å²) >= 11 is 0. The lowest BCUT2D eigenvalue weighted by Gasteiger charge is -2.33. The molecule has 0 saturated heterocycles. The van der Waals surface area contributed by atoms with Crippen molar-refractivity contribution in [3.05, 3.63) is 35.4 Å². The molecule has 1 aromatic rings. The van der Waals surface area contributed by atoms with Crippen molar-refractivity contribution in [1.29, 1.82) is 0 Å².